The number of hydrogen-bond acceptors (Lipinski definition) is 3. The van der Waals surface area contributed by atoms with Crippen molar-refractivity contribution >= 4 is 10.8 Å². The Hall–Kier alpha value is 0.0700. The smallest absolute Gasteiger partial charge is 0.0363 e. The van der Waals surface area contributed by atoms with E-state index >= 15 is 0 Å². The molecule has 0 aromatic heterocycles. The first-order valence-corrected chi connectivity index (χ1v) is 9.90. The van der Waals surface area contributed by atoms with Gasteiger partial charge in [-0.25, -0.2) is 0 Å². The second kappa shape index (κ2) is 7.90. The van der Waals surface area contributed by atoms with Crippen molar-refractivity contribution in [1.82, 2.24) is 10.2 Å². The second-order valence-electron chi connectivity index (χ2n) is 6.98. The molecule has 3 nitrogen and oxygen atoms in total. The highest BCUT2D eigenvalue weighted by molar-refractivity contribution is 7.85. The van der Waals surface area contributed by atoms with Crippen LogP contribution in [0.1, 0.15) is 46.0 Å². The lowest BCUT2D eigenvalue weighted by Gasteiger charge is -2.44. The molecule has 0 amide bonds. The maximum Gasteiger partial charge on any atom is 0.0363 e. The van der Waals surface area contributed by atoms with Crippen molar-refractivity contribution in [3.8, 4) is 0 Å². The van der Waals surface area contributed by atoms with Crippen LogP contribution in [-0.2, 0) is 10.8 Å². The van der Waals surface area contributed by atoms with E-state index in [2.05, 4.69) is 24.1 Å². The maximum absolute atomic E-state index is 11.5. The third kappa shape index (κ3) is 4.81. The Bertz CT molecular complexity index is 304. The van der Waals surface area contributed by atoms with Gasteiger partial charge in [0.25, 0.3) is 0 Å². The van der Waals surface area contributed by atoms with Crippen LogP contribution in [-0.4, -0.2) is 53.3 Å². The largest absolute Gasteiger partial charge is 0.316 e. The average molecular weight is 301 g/mol. The molecule has 2 aliphatic rings. The van der Waals surface area contributed by atoms with Crippen LogP contribution in [0.25, 0.3) is 0 Å². The van der Waals surface area contributed by atoms with Gasteiger partial charge in [0.05, 0.1) is 0 Å². The fourth-order valence-electron chi connectivity index (χ4n) is 3.60. The zero-order chi connectivity index (χ0) is 14.4. The minimum Gasteiger partial charge on any atom is -0.316 e. The van der Waals surface area contributed by atoms with Gasteiger partial charge >= 0.3 is 0 Å². The average Bonchev–Trinajstić information content (AvgIpc) is 2.45. The highest BCUT2D eigenvalue weighted by Crippen LogP contribution is 2.39. The first-order valence-electron chi connectivity index (χ1n) is 8.41. The van der Waals surface area contributed by atoms with Crippen molar-refractivity contribution < 1.29 is 4.21 Å². The Balaban J connectivity index is 1.89. The highest BCUT2D eigenvalue weighted by Gasteiger charge is 2.36. The third-order valence-electron chi connectivity index (χ3n) is 5.09. The van der Waals surface area contributed by atoms with Crippen molar-refractivity contribution in [2.24, 2.45) is 11.3 Å². The van der Waals surface area contributed by atoms with Gasteiger partial charge in [-0.1, -0.05) is 26.7 Å². The van der Waals surface area contributed by atoms with Crippen LogP contribution in [0, 0.1) is 11.3 Å². The summed E-state index contributed by atoms with van der Waals surface area (Å²) in [6.07, 6.45) is 6.71. The molecule has 2 rings (SSSR count). The lowest BCUT2D eigenvalue weighted by atomic mass is 9.70. The minimum atomic E-state index is -0.551. The summed E-state index contributed by atoms with van der Waals surface area (Å²) in [4.78, 5) is 2.57. The molecule has 2 fully saturated rings. The van der Waals surface area contributed by atoms with Gasteiger partial charge in [-0.15, -0.1) is 0 Å². The van der Waals surface area contributed by atoms with E-state index in [1.165, 1.54) is 45.2 Å². The Morgan fingerprint density at radius 3 is 2.50 bits per heavy atom. The van der Waals surface area contributed by atoms with Crippen LogP contribution in [0.5, 0.6) is 0 Å². The third-order valence-corrected chi connectivity index (χ3v) is 6.37. The lowest BCUT2D eigenvalue weighted by Crippen LogP contribution is -2.49. The zero-order valence-corrected chi connectivity index (χ0v) is 14.1. The van der Waals surface area contributed by atoms with E-state index in [9.17, 15) is 4.21 Å². The minimum absolute atomic E-state index is 0.473. The quantitative estimate of drug-likeness (QED) is 0.764. The van der Waals surface area contributed by atoms with E-state index in [0.717, 1.165) is 37.1 Å². The normalized spacial score (nSPS) is 33.4. The molecule has 4 heteroatoms. The molecule has 0 radical (unpaired) electrons. The molecule has 20 heavy (non-hydrogen) atoms. The van der Waals surface area contributed by atoms with Gasteiger partial charge in [0, 0.05) is 48.5 Å². The summed E-state index contributed by atoms with van der Waals surface area (Å²) in [6, 6.07) is 0. The predicted octanol–water partition coefficient (Wildman–Crippen LogP) is 2.25. The number of nitrogens with one attached hydrogen (secondary N) is 1. The molecule has 1 N–H and O–H groups in total. The molecule has 0 unspecified atom stereocenters. The van der Waals surface area contributed by atoms with Crippen LogP contribution in [0.4, 0.5) is 0 Å². The van der Waals surface area contributed by atoms with Crippen molar-refractivity contribution in [1.29, 1.82) is 0 Å². The van der Waals surface area contributed by atoms with Crippen LogP contribution < -0.4 is 5.32 Å². The standard InChI is InChI=1S/C16H32N2OS/c1-3-8-17-13-16(6-4-15(2)5-7-16)14-18-9-11-20(19)12-10-18/h15,17H,3-14H2,1-2H3. The Kier molecular flexibility index (Phi) is 6.50. The van der Waals surface area contributed by atoms with Crippen LogP contribution in [0.2, 0.25) is 0 Å². The molecular formula is C16H32N2OS. The van der Waals surface area contributed by atoms with Gasteiger partial charge in [0.1, 0.15) is 0 Å². The summed E-state index contributed by atoms with van der Waals surface area (Å²) < 4.78 is 11.5. The molecule has 0 atom stereocenters. The lowest BCUT2D eigenvalue weighted by molar-refractivity contribution is 0.0911. The molecule has 1 saturated heterocycles. The molecule has 1 heterocycles. The van der Waals surface area contributed by atoms with Crippen LogP contribution in [0.3, 0.4) is 0 Å². The maximum atomic E-state index is 11.5. The van der Waals surface area contributed by atoms with E-state index in [0.29, 0.717) is 5.41 Å². The molecule has 0 spiro atoms. The first-order chi connectivity index (χ1) is 9.63. The molecule has 1 aliphatic carbocycles. The zero-order valence-electron chi connectivity index (χ0n) is 13.3. The summed E-state index contributed by atoms with van der Waals surface area (Å²) in [7, 11) is -0.551. The fourth-order valence-corrected chi connectivity index (χ4v) is 4.73. The molecule has 1 saturated carbocycles. The van der Waals surface area contributed by atoms with Gasteiger partial charge in [-0.2, -0.15) is 0 Å². The van der Waals surface area contributed by atoms with Gasteiger partial charge < -0.3 is 10.2 Å². The van der Waals surface area contributed by atoms with Gasteiger partial charge in [0.15, 0.2) is 0 Å². The summed E-state index contributed by atoms with van der Waals surface area (Å²) >= 11 is 0. The van der Waals surface area contributed by atoms with E-state index in [4.69, 9.17) is 0 Å². The summed E-state index contributed by atoms with van der Waals surface area (Å²) in [5, 5.41) is 3.67. The van der Waals surface area contributed by atoms with Gasteiger partial charge in [-0.3, -0.25) is 4.21 Å². The summed E-state index contributed by atoms with van der Waals surface area (Å²) in [5.74, 6) is 2.67. The first kappa shape index (κ1) is 16.4. The highest BCUT2D eigenvalue weighted by atomic mass is 32.2. The monoisotopic (exact) mass is 300 g/mol. The number of rotatable bonds is 6. The molecule has 1 aliphatic heterocycles. The van der Waals surface area contributed by atoms with E-state index in [-0.39, 0.29) is 0 Å². The second-order valence-corrected chi connectivity index (χ2v) is 8.68. The molecule has 0 bridgehead atoms. The number of nitrogens with zero attached hydrogens (tertiary/aromatic N) is 1. The molecule has 118 valence electrons. The Labute approximate surface area is 127 Å². The van der Waals surface area contributed by atoms with Crippen LogP contribution in [0.15, 0.2) is 0 Å². The van der Waals surface area contributed by atoms with Crippen molar-refractivity contribution in [3.63, 3.8) is 0 Å². The molecule has 0 aromatic carbocycles. The van der Waals surface area contributed by atoms with E-state index < -0.39 is 10.8 Å². The predicted molar refractivity (Wildman–Crippen MR) is 87.5 cm³/mol. The van der Waals surface area contributed by atoms with E-state index in [1.54, 1.807) is 0 Å². The van der Waals surface area contributed by atoms with Gasteiger partial charge in [0.2, 0.25) is 0 Å². The Morgan fingerprint density at radius 1 is 1.25 bits per heavy atom. The molecule has 0 aromatic rings. The summed E-state index contributed by atoms with van der Waals surface area (Å²) in [5.41, 5.74) is 0.473. The topological polar surface area (TPSA) is 32.3 Å². The van der Waals surface area contributed by atoms with E-state index in [1.807, 2.05) is 0 Å². The molecular weight excluding hydrogens is 268 g/mol. The van der Waals surface area contributed by atoms with Crippen molar-refractivity contribution in [2.75, 3.05) is 44.2 Å². The fraction of sp³-hybridized carbons (Fsp3) is 1.00. The van der Waals surface area contributed by atoms with Crippen molar-refractivity contribution in [2.45, 2.75) is 46.0 Å². The SMILES string of the molecule is CCCNCC1(CN2CCS(=O)CC2)CCC(C)CC1. The van der Waals surface area contributed by atoms with Crippen molar-refractivity contribution in [3.05, 3.63) is 0 Å². The van der Waals surface area contributed by atoms with Gasteiger partial charge in [-0.05, 0) is 37.1 Å². The number of hydrogen-bond donors (Lipinski definition) is 1. The summed E-state index contributed by atoms with van der Waals surface area (Å²) in [6.45, 7) is 10.2. The Morgan fingerprint density at radius 2 is 1.90 bits per heavy atom. The van der Waals surface area contributed by atoms with Crippen LogP contribution >= 0.6 is 0 Å².